The molecule has 0 saturated carbocycles. The van der Waals surface area contributed by atoms with Crippen LogP contribution in [-0.2, 0) is 11.3 Å². The van der Waals surface area contributed by atoms with Gasteiger partial charge in [-0.1, -0.05) is 92.9 Å². The van der Waals surface area contributed by atoms with Gasteiger partial charge in [-0.15, -0.1) is 0 Å². The van der Waals surface area contributed by atoms with Gasteiger partial charge in [-0.2, -0.15) is 0 Å². The van der Waals surface area contributed by atoms with Crippen LogP contribution >= 0.6 is 0 Å². The van der Waals surface area contributed by atoms with Crippen LogP contribution in [0.5, 0.6) is 5.75 Å². The van der Waals surface area contributed by atoms with Gasteiger partial charge in [-0.25, -0.2) is 4.39 Å². The third-order valence-electron chi connectivity index (χ3n) is 5.46. The third-order valence-corrected chi connectivity index (χ3v) is 5.46. The molecule has 164 valence electrons. The normalized spacial score (nSPS) is 13.0. The highest BCUT2D eigenvalue weighted by Crippen LogP contribution is 2.26. The van der Waals surface area contributed by atoms with Gasteiger partial charge in [0, 0.05) is 0 Å². The fraction of sp³-hybridized carbons (Fsp3) is 0.357. The van der Waals surface area contributed by atoms with Gasteiger partial charge in [0.15, 0.2) is 0 Å². The number of benzene rings is 3. The summed E-state index contributed by atoms with van der Waals surface area (Å²) in [5.74, 6) is 0.853. The molecule has 3 heteroatoms. The minimum atomic E-state index is -0.879. The maximum atomic E-state index is 13.9. The minimum Gasteiger partial charge on any atom is -0.489 e. The summed E-state index contributed by atoms with van der Waals surface area (Å²) in [7, 11) is 0. The zero-order valence-electron chi connectivity index (χ0n) is 18.6. The maximum absolute atomic E-state index is 13.9. The Hall–Kier alpha value is -2.65. The first-order valence-corrected chi connectivity index (χ1v) is 11.3. The molecule has 0 bridgehead atoms. The summed E-state index contributed by atoms with van der Waals surface area (Å²) in [5.41, 5.74) is 4.48. The van der Waals surface area contributed by atoms with Crippen LogP contribution in [0.1, 0.15) is 56.8 Å². The Balaban J connectivity index is 1.49. The molecule has 0 saturated heterocycles. The van der Waals surface area contributed by atoms with Crippen LogP contribution in [0.4, 0.5) is 4.39 Å². The molecule has 0 aliphatic carbocycles. The molecule has 0 aliphatic heterocycles. The number of rotatable bonds is 12. The van der Waals surface area contributed by atoms with E-state index in [1.807, 2.05) is 37.3 Å². The van der Waals surface area contributed by atoms with Crippen LogP contribution < -0.4 is 4.74 Å². The number of unbranched alkanes of at least 4 members (excludes halogenated alkanes) is 2. The second kappa shape index (κ2) is 12.3. The average Bonchev–Trinajstić information content (AvgIpc) is 2.82. The second-order valence-electron chi connectivity index (χ2n) is 7.99. The Morgan fingerprint density at radius 2 is 1.45 bits per heavy atom. The molecule has 3 rings (SSSR count). The van der Waals surface area contributed by atoms with E-state index in [0.29, 0.717) is 13.0 Å². The quantitative estimate of drug-likeness (QED) is 0.277. The van der Waals surface area contributed by atoms with Crippen molar-refractivity contribution in [2.24, 2.45) is 0 Å². The Kier molecular flexibility index (Phi) is 9.11. The number of hydrogen-bond acceptors (Lipinski definition) is 2. The zero-order valence-corrected chi connectivity index (χ0v) is 18.6. The molecule has 31 heavy (non-hydrogen) atoms. The molecule has 3 aromatic rings. The van der Waals surface area contributed by atoms with Crippen LogP contribution in [-0.4, -0.2) is 12.8 Å². The Bertz CT molecular complexity index is 875. The molecule has 0 N–H and O–H groups in total. The minimum absolute atomic E-state index is 0.118. The second-order valence-corrected chi connectivity index (χ2v) is 7.99. The summed E-state index contributed by atoms with van der Waals surface area (Å²) < 4.78 is 25.6. The topological polar surface area (TPSA) is 18.5 Å². The fourth-order valence-corrected chi connectivity index (χ4v) is 3.48. The van der Waals surface area contributed by atoms with E-state index in [-0.39, 0.29) is 12.7 Å². The predicted molar refractivity (Wildman–Crippen MR) is 126 cm³/mol. The summed E-state index contributed by atoms with van der Waals surface area (Å²) in [6.07, 6.45) is 2.71. The lowest BCUT2D eigenvalue weighted by molar-refractivity contribution is 0.0248. The standard InChI is InChI=1S/C28H33FO2/c1-3-4-6-11-27(29)21-30-22(2)24-12-14-25(15-13-24)26-16-18-28(19-17-26)31-20-23-9-7-5-8-10-23/h5,7-10,12-19,22,27H,3-4,6,11,20-21H2,1-2H3/t22?,27-/m0/s1. The highest BCUT2D eigenvalue weighted by atomic mass is 19.1. The first kappa shape index (κ1) is 23.0. The van der Waals surface area contributed by atoms with Gasteiger partial charge in [0.2, 0.25) is 0 Å². The molecule has 1 unspecified atom stereocenters. The third kappa shape index (κ3) is 7.52. The molecule has 0 spiro atoms. The summed E-state index contributed by atoms with van der Waals surface area (Å²) >= 11 is 0. The highest BCUT2D eigenvalue weighted by molar-refractivity contribution is 5.64. The van der Waals surface area contributed by atoms with Crippen LogP contribution in [0.15, 0.2) is 78.9 Å². The largest absolute Gasteiger partial charge is 0.489 e. The molecule has 2 atom stereocenters. The van der Waals surface area contributed by atoms with E-state index in [4.69, 9.17) is 9.47 Å². The van der Waals surface area contributed by atoms with Gasteiger partial charge in [-0.3, -0.25) is 0 Å². The molecular weight excluding hydrogens is 387 g/mol. The molecule has 0 amide bonds. The molecule has 0 radical (unpaired) electrons. The van der Waals surface area contributed by atoms with Gasteiger partial charge < -0.3 is 9.47 Å². The number of alkyl halides is 1. The molecule has 0 heterocycles. The van der Waals surface area contributed by atoms with Gasteiger partial charge in [0.05, 0.1) is 12.7 Å². The first-order valence-electron chi connectivity index (χ1n) is 11.3. The van der Waals surface area contributed by atoms with Crippen molar-refractivity contribution in [3.63, 3.8) is 0 Å². The Morgan fingerprint density at radius 1 is 0.806 bits per heavy atom. The summed E-state index contributed by atoms with van der Waals surface area (Å²) in [4.78, 5) is 0. The van der Waals surface area contributed by atoms with E-state index in [2.05, 4.69) is 55.5 Å². The van der Waals surface area contributed by atoms with Gasteiger partial charge in [-0.05, 0) is 47.7 Å². The van der Waals surface area contributed by atoms with Crippen molar-refractivity contribution in [1.29, 1.82) is 0 Å². The van der Waals surface area contributed by atoms with Crippen LogP contribution in [0, 0.1) is 0 Å². The van der Waals surface area contributed by atoms with E-state index < -0.39 is 6.17 Å². The number of hydrogen-bond donors (Lipinski definition) is 0. The van der Waals surface area contributed by atoms with Crippen molar-refractivity contribution >= 4 is 0 Å². The van der Waals surface area contributed by atoms with E-state index in [9.17, 15) is 4.39 Å². The first-order chi connectivity index (χ1) is 15.2. The van der Waals surface area contributed by atoms with Crippen molar-refractivity contribution in [2.45, 2.75) is 58.4 Å². The predicted octanol–water partition coefficient (Wildman–Crippen LogP) is 7.93. The summed E-state index contributed by atoms with van der Waals surface area (Å²) in [6.45, 7) is 4.83. The van der Waals surface area contributed by atoms with E-state index in [0.717, 1.165) is 47.3 Å². The van der Waals surface area contributed by atoms with Crippen molar-refractivity contribution < 1.29 is 13.9 Å². The van der Waals surface area contributed by atoms with Crippen LogP contribution in [0.2, 0.25) is 0 Å². The maximum Gasteiger partial charge on any atom is 0.123 e. The lowest BCUT2D eigenvalue weighted by Crippen LogP contribution is -2.12. The number of halogens is 1. The van der Waals surface area contributed by atoms with E-state index in [1.54, 1.807) is 0 Å². The Morgan fingerprint density at radius 3 is 2.10 bits per heavy atom. The highest BCUT2D eigenvalue weighted by Gasteiger charge is 2.11. The molecule has 3 aromatic carbocycles. The average molecular weight is 421 g/mol. The number of ether oxygens (including phenoxy) is 2. The lowest BCUT2D eigenvalue weighted by Gasteiger charge is -2.16. The van der Waals surface area contributed by atoms with Gasteiger partial charge >= 0.3 is 0 Å². The fourth-order valence-electron chi connectivity index (χ4n) is 3.48. The van der Waals surface area contributed by atoms with Gasteiger partial charge in [0.25, 0.3) is 0 Å². The summed E-state index contributed by atoms with van der Waals surface area (Å²) in [6, 6.07) is 26.6. The molecule has 2 nitrogen and oxygen atoms in total. The van der Waals surface area contributed by atoms with Crippen LogP contribution in [0.3, 0.4) is 0 Å². The smallest absolute Gasteiger partial charge is 0.123 e. The SMILES string of the molecule is CCCCC[C@H](F)COC(C)c1ccc(-c2ccc(OCc3ccccc3)cc2)cc1. The summed E-state index contributed by atoms with van der Waals surface area (Å²) in [5, 5.41) is 0. The molecule has 0 aromatic heterocycles. The molecule has 0 fully saturated rings. The van der Waals surface area contributed by atoms with E-state index in [1.165, 1.54) is 0 Å². The molecule has 0 aliphatic rings. The van der Waals surface area contributed by atoms with Gasteiger partial charge in [0.1, 0.15) is 18.5 Å². The molecular formula is C28H33FO2. The van der Waals surface area contributed by atoms with Crippen LogP contribution in [0.25, 0.3) is 11.1 Å². The van der Waals surface area contributed by atoms with Crippen molar-refractivity contribution in [3.8, 4) is 16.9 Å². The Labute approximate surface area is 186 Å². The van der Waals surface area contributed by atoms with E-state index >= 15 is 0 Å². The lowest BCUT2D eigenvalue weighted by atomic mass is 10.0. The zero-order chi connectivity index (χ0) is 21.9. The monoisotopic (exact) mass is 420 g/mol. The van der Waals surface area contributed by atoms with Crippen molar-refractivity contribution in [1.82, 2.24) is 0 Å². The van der Waals surface area contributed by atoms with Crippen molar-refractivity contribution in [3.05, 3.63) is 90.0 Å². The van der Waals surface area contributed by atoms with Crippen molar-refractivity contribution in [2.75, 3.05) is 6.61 Å².